The zero-order valence-corrected chi connectivity index (χ0v) is 16.6. The number of carbonyl (C=O) groups is 2. The summed E-state index contributed by atoms with van der Waals surface area (Å²) in [5.74, 6) is 0.222. The van der Waals surface area contributed by atoms with E-state index in [1.165, 1.54) is 5.56 Å². The largest absolute Gasteiger partial charge is 0.497 e. The minimum atomic E-state index is -0.341. The van der Waals surface area contributed by atoms with Crippen molar-refractivity contribution in [1.82, 2.24) is 10.2 Å². The monoisotopic (exact) mass is 381 g/mol. The fraction of sp³-hybridized carbons (Fsp3) is 0.364. The number of benzene rings is 2. The first-order chi connectivity index (χ1) is 13.5. The third-order valence-corrected chi connectivity index (χ3v) is 4.85. The van der Waals surface area contributed by atoms with E-state index in [1.807, 2.05) is 50.5 Å². The Morgan fingerprint density at radius 2 is 1.89 bits per heavy atom. The number of anilines is 1. The third kappa shape index (κ3) is 4.89. The van der Waals surface area contributed by atoms with Crippen LogP contribution in [-0.2, 0) is 22.7 Å². The molecule has 6 nitrogen and oxygen atoms in total. The van der Waals surface area contributed by atoms with Gasteiger partial charge in [-0.1, -0.05) is 30.3 Å². The van der Waals surface area contributed by atoms with Crippen LogP contribution in [0.2, 0.25) is 0 Å². The lowest BCUT2D eigenvalue weighted by atomic mass is 10.1. The summed E-state index contributed by atoms with van der Waals surface area (Å²) in [7, 11) is 5.66. The molecule has 0 aliphatic carbocycles. The molecule has 3 rings (SSSR count). The van der Waals surface area contributed by atoms with E-state index in [0.29, 0.717) is 18.8 Å². The minimum absolute atomic E-state index is 0.0403. The van der Waals surface area contributed by atoms with E-state index in [1.54, 1.807) is 12.0 Å². The summed E-state index contributed by atoms with van der Waals surface area (Å²) >= 11 is 0. The molecular formula is C22H27N3O3. The van der Waals surface area contributed by atoms with Crippen molar-refractivity contribution in [2.24, 2.45) is 5.92 Å². The van der Waals surface area contributed by atoms with Gasteiger partial charge < -0.3 is 19.9 Å². The number of rotatable bonds is 7. The molecule has 6 heteroatoms. The summed E-state index contributed by atoms with van der Waals surface area (Å²) in [6.07, 6.45) is 0.227. The maximum atomic E-state index is 12.6. The van der Waals surface area contributed by atoms with Gasteiger partial charge in [0.2, 0.25) is 11.8 Å². The van der Waals surface area contributed by atoms with E-state index in [-0.39, 0.29) is 24.2 Å². The summed E-state index contributed by atoms with van der Waals surface area (Å²) in [6.45, 7) is 1.74. The van der Waals surface area contributed by atoms with Crippen LogP contribution in [-0.4, -0.2) is 44.5 Å². The first kappa shape index (κ1) is 19.9. The van der Waals surface area contributed by atoms with Gasteiger partial charge in [0.25, 0.3) is 0 Å². The second-order valence-corrected chi connectivity index (χ2v) is 7.38. The Balaban J connectivity index is 1.55. The van der Waals surface area contributed by atoms with Crippen molar-refractivity contribution in [3.05, 3.63) is 59.7 Å². The Morgan fingerprint density at radius 3 is 2.57 bits per heavy atom. The summed E-state index contributed by atoms with van der Waals surface area (Å²) in [5, 5.41) is 2.96. The van der Waals surface area contributed by atoms with E-state index >= 15 is 0 Å². The van der Waals surface area contributed by atoms with Gasteiger partial charge in [-0.3, -0.25) is 9.59 Å². The van der Waals surface area contributed by atoms with Crippen LogP contribution < -0.4 is 15.0 Å². The first-order valence-electron chi connectivity index (χ1n) is 9.41. The number of amides is 2. The molecular weight excluding hydrogens is 354 g/mol. The molecule has 1 atom stereocenters. The average molecular weight is 381 g/mol. The highest BCUT2D eigenvalue weighted by Gasteiger charge is 2.35. The zero-order chi connectivity index (χ0) is 20.1. The summed E-state index contributed by atoms with van der Waals surface area (Å²) in [5.41, 5.74) is 3.04. The van der Waals surface area contributed by atoms with Crippen molar-refractivity contribution in [3.63, 3.8) is 0 Å². The second-order valence-electron chi connectivity index (χ2n) is 7.38. The van der Waals surface area contributed by atoms with Crippen molar-refractivity contribution in [3.8, 4) is 5.75 Å². The van der Waals surface area contributed by atoms with Crippen LogP contribution in [0, 0.1) is 5.92 Å². The number of ether oxygens (including phenoxy) is 1. The van der Waals surface area contributed by atoms with Gasteiger partial charge in [0.1, 0.15) is 5.75 Å². The Morgan fingerprint density at radius 1 is 1.18 bits per heavy atom. The quantitative estimate of drug-likeness (QED) is 0.800. The lowest BCUT2D eigenvalue weighted by molar-refractivity contribution is -0.126. The number of carbonyl (C=O) groups excluding carboxylic acids is 2. The summed E-state index contributed by atoms with van der Waals surface area (Å²) < 4.78 is 5.22. The highest BCUT2D eigenvalue weighted by molar-refractivity contribution is 6.00. The summed E-state index contributed by atoms with van der Waals surface area (Å²) in [4.78, 5) is 28.7. The number of hydrogen-bond acceptors (Lipinski definition) is 4. The van der Waals surface area contributed by atoms with E-state index in [9.17, 15) is 9.59 Å². The van der Waals surface area contributed by atoms with Crippen LogP contribution in [0.1, 0.15) is 17.5 Å². The highest BCUT2D eigenvalue weighted by Crippen LogP contribution is 2.28. The summed E-state index contributed by atoms with van der Waals surface area (Å²) in [6, 6.07) is 15.6. The molecule has 1 aliphatic rings. The molecule has 1 unspecified atom stereocenters. The molecule has 0 bridgehead atoms. The van der Waals surface area contributed by atoms with Crippen molar-refractivity contribution < 1.29 is 14.3 Å². The van der Waals surface area contributed by atoms with Gasteiger partial charge in [0.15, 0.2) is 0 Å². The molecule has 28 heavy (non-hydrogen) atoms. The average Bonchev–Trinajstić information content (AvgIpc) is 3.08. The molecule has 0 aromatic heterocycles. The van der Waals surface area contributed by atoms with Crippen LogP contribution in [0.3, 0.4) is 0 Å². The molecule has 1 saturated heterocycles. The van der Waals surface area contributed by atoms with Crippen molar-refractivity contribution in [2.45, 2.75) is 19.5 Å². The minimum Gasteiger partial charge on any atom is -0.497 e. The van der Waals surface area contributed by atoms with E-state index in [2.05, 4.69) is 22.3 Å². The smallest absolute Gasteiger partial charge is 0.227 e. The van der Waals surface area contributed by atoms with Crippen LogP contribution in [0.25, 0.3) is 0 Å². The molecule has 2 aromatic carbocycles. The van der Waals surface area contributed by atoms with Gasteiger partial charge in [0, 0.05) is 37.8 Å². The predicted molar refractivity (Wildman–Crippen MR) is 109 cm³/mol. The molecule has 0 saturated carbocycles. The molecule has 2 aromatic rings. The second kappa shape index (κ2) is 8.89. The van der Waals surface area contributed by atoms with E-state index in [0.717, 1.165) is 17.8 Å². The zero-order valence-electron chi connectivity index (χ0n) is 16.6. The van der Waals surface area contributed by atoms with Crippen LogP contribution in [0.15, 0.2) is 48.5 Å². The predicted octanol–water partition coefficient (Wildman–Crippen LogP) is 2.43. The highest BCUT2D eigenvalue weighted by atomic mass is 16.5. The molecule has 2 amide bonds. The van der Waals surface area contributed by atoms with E-state index < -0.39 is 0 Å². The number of nitrogens with zero attached hydrogens (tertiary/aromatic N) is 2. The Hall–Kier alpha value is -2.86. The van der Waals surface area contributed by atoms with Crippen LogP contribution in [0.5, 0.6) is 5.75 Å². The van der Waals surface area contributed by atoms with Gasteiger partial charge in [-0.2, -0.15) is 0 Å². The number of methoxy groups -OCH3 is 1. The number of nitrogens with one attached hydrogen (secondary N) is 1. The fourth-order valence-corrected chi connectivity index (χ4v) is 3.37. The molecule has 1 N–H and O–H groups in total. The standard InChI is InChI=1S/C22H27N3O3/c1-24(2)14-17-9-7-16(8-10-17)13-23-22(27)18-11-21(26)25(15-18)19-5-4-6-20(12-19)28-3/h4-10,12,18H,11,13-15H2,1-3H3,(H,23,27). The van der Waals surface area contributed by atoms with Crippen molar-refractivity contribution in [2.75, 3.05) is 32.6 Å². The van der Waals surface area contributed by atoms with Gasteiger partial charge in [-0.15, -0.1) is 0 Å². The fourth-order valence-electron chi connectivity index (χ4n) is 3.37. The molecule has 1 fully saturated rings. The molecule has 0 spiro atoms. The van der Waals surface area contributed by atoms with Crippen LogP contribution in [0.4, 0.5) is 5.69 Å². The van der Waals surface area contributed by atoms with Crippen molar-refractivity contribution >= 4 is 17.5 Å². The van der Waals surface area contributed by atoms with Gasteiger partial charge >= 0.3 is 0 Å². The normalized spacial score (nSPS) is 16.5. The Kier molecular flexibility index (Phi) is 6.31. The molecule has 148 valence electrons. The van der Waals surface area contributed by atoms with Gasteiger partial charge in [-0.05, 0) is 37.4 Å². The lowest BCUT2D eigenvalue weighted by Crippen LogP contribution is -2.32. The van der Waals surface area contributed by atoms with Gasteiger partial charge in [0.05, 0.1) is 13.0 Å². The Bertz CT molecular complexity index is 833. The lowest BCUT2D eigenvalue weighted by Gasteiger charge is -2.17. The molecule has 1 aliphatic heterocycles. The third-order valence-electron chi connectivity index (χ3n) is 4.85. The van der Waals surface area contributed by atoms with Gasteiger partial charge in [-0.25, -0.2) is 0 Å². The topological polar surface area (TPSA) is 61.9 Å². The molecule has 1 heterocycles. The van der Waals surface area contributed by atoms with Crippen molar-refractivity contribution in [1.29, 1.82) is 0 Å². The van der Waals surface area contributed by atoms with Crippen LogP contribution >= 0.6 is 0 Å². The number of hydrogen-bond donors (Lipinski definition) is 1. The van der Waals surface area contributed by atoms with E-state index in [4.69, 9.17) is 4.74 Å². The Labute approximate surface area is 166 Å². The SMILES string of the molecule is COc1cccc(N2CC(C(=O)NCc3ccc(CN(C)C)cc3)CC2=O)c1. The first-order valence-corrected chi connectivity index (χ1v) is 9.41. The molecule has 0 radical (unpaired) electrons. The maximum absolute atomic E-state index is 12.6. The maximum Gasteiger partial charge on any atom is 0.227 e.